The number of aryl methyl sites for hydroxylation is 1. The first-order chi connectivity index (χ1) is 8.42. The van der Waals surface area contributed by atoms with Crippen molar-refractivity contribution in [3.8, 4) is 0 Å². The van der Waals surface area contributed by atoms with Gasteiger partial charge in [-0.2, -0.15) is 0 Å². The average Bonchev–Trinajstić information content (AvgIpc) is 2.41. The van der Waals surface area contributed by atoms with Gasteiger partial charge in [0, 0.05) is 17.6 Å². The predicted octanol–water partition coefficient (Wildman–Crippen LogP) is 1.89. The second-order valence-corrected chi connectivity index (χ2v) is 7.42. The Kier molecular flexibility index (Phi) is 3.99. The maximum absolute atomic E-state index is 12.3. The lowest BCUT2D eigenvalue weighted by Gasteiger charge is -2.28. The van der Waals surface area contributed by atoms with Gasteiger partial charge in [0.05, 0.1) is 17.5 Å². The average molecular weight is 333 g/mol. The Hall–Kier alpha value is -0.590. The molecule has 1 heterocycles. The molecule has 0 saturated carbocycles. The summed E-state index contributed by atoms with van der Waals surface area (Å²) in [5, 5.41) is 3.15. The van der Waals surface area contributed by atoms with Crippen molar-refractivity contribution in [2.45, 2.75) is 19.9 Å². The van der Waals surface area contributed by atoms with E-state index in [4.69, 9.17) is 0 Å². The predicted molar refractivity (Wildman–Crippen MR) is 77.5 cm³/mol. The van der Waals surface area contributed by atoms with Crippen LogP contribution in [0.3, 0.4) is 0 Å². The standard InChI is InChI=1S/C12H17BrN2O2S/c1-9-7-11(3-4-12(9)13)15-10(2)8-14-5-6-18(15,16)17/h3-4,7,10,14H,5-6,8H2,1-2H3. The number of sulfonamides is 1. The fourth-order valence-electron chi connectivity index (χ4n) is 2.15. The van der Waals surface area contributed by atoms with E-state index in [9.17, 15) is 8.42 Å². The molecule has 0 aliphatic carbocycles. The molecule has 0 amide bonds. The van der Waals surface area contributed by atoms with Gasteiger partial charge in [-0.25, -0.2) is 8.42 Å². The molecule has 1 N–H and O–H groups in total. The number of benzene rings is 1. The highest BCUT2D eigenvalue weighted by Gasteiger charge is 2.29. The number of halogens is 1. The Morgan fingerprint density at radius 1 is 1.44 bits per heavy atom. The summed E-state index contributed by atoms with van der Waals surface area (Å²) in [6.07, 6.45) is 0. The molecule has 1 fully saturated rings. The van der Waals surface area contributed by atoms with E-state index in [1.165, 1.54) is 4.31 Å². The second-order valence-electron chi connectivity index (χ2n) is 4.60. The molecule has 0 bridgehead atoms. The highest BCUT2D eigenvalue weighted by atomic mass is 79.9. The maximum Gasteiger partial charge on any atom is 0.236 e. The Labute approximate surface area is 117 Å². The zero-order chi connectivity index (χ0) is 13.3. The van der Waals surface area contributed by atoms with Gasteiger partial charge in [0.25, 0.3) is 0 Å². The van der Waals surface area contributed by atoms with Crippen molar-refractivity contribution in [3.05, 3.63) is 28.2 Å². The first kappa shape index (κ1) is 13.8. The molecule has 0 spiro atoms. The van der Waals surface area contributed by atoms with Crippen molar-refractivity contribution in [1.29, 1.82) is 0 Å². The summed E-state index contributed by atoms with van der Waals surface area (Å²) in [6, 6.07) is 5.57. The minimum Gasteiger partial charge on any atom is -0.314 e. The third-order valence-electron chi connectivity index (χ3n) is 3.07. The number of hydrogen-bond acceptors (Lipinski definition) is 3. The maximum atomic E-state index is 12.3. The zero-order valence-electron chi connectivity index (χ0n) is 10.5. The highest BCUT2D eigenvalue weighted by molar-refractivity contribution is 9.10. The SMILES string of the molecule is Cc1cc(N2C(C)CNCCS2(=O)=O)ccc1Br. The topological polar surface area (TPSA) is 49.4 Å². The van der Waals surface area contributed by atoms with E-state index in [0.717, 1.165) is 15.7 Å². The van der Waals surface area contributed by atoms with Crippen LogP contribution in [0.2, 0.25) is 0 Å². The van der Waals surface area contributed by atoms with Crippen LogP contribution in [-0.2, 0) is 10.0 Å². The molecule has 0 radical (unpaired) electrons. The van der Waals surface area contributed by atoms with Gasteiger partial charge < -0.3 is 5.32 Å². The lowest BCUT2D eigenvalue weighted by molar-refractivity contribution is 0.586. The van der Waals surface area contributed by atoms with Gasteiger partial charge in [0.2, 0.25) is 10.0 Å². The van der Waals surface area contributed by atoms with Gasteiger partial charge in [-0.15, -0.1) is 0 Å². The van der Waals surface area contributed by atoms with E-state index in [1.54, 1.807) is 0 Å². The van der Waals surface area contributed by atoms with E-state index in [0.29, 0.717) is 13.1 Å². The summed E-state index contributed by atoms with van der Waals surface area (Å²) in [4.78, 5) is 0. The lowest BCUT2D eigenvalue weighted by Crippen LogP contribution is -2.41. The molecule has 1 unspecified atom stereocenters. The number of hydrogen-bond donors (Lipinski definition) is 1. The Balaban J connectivity index is 2.47. The van der Waals surface area contributed by atoms with Crippen LogP contribution in [0.4, 0.5) is 5.69 Å². The fraction of sp³-hybridized carbons (Fsp3) is 0.500. The number of nitrogens with one attached hydrogen (secondary N) is 1. The summed E-state index contributed by atoms with van der Waals surface area (Å²) >= 11 is 3.43. The van der Waals surface area contributed by atoms with Gasteiger partial charge in [0.1, 0.15) is 0 Å². The van der Waals surface area contributed by atoms with Gasteiger partial charge in [-0.05, 0) is 37.6 Å². The zero-order valence-corrected chi connectivity index (χ0v) is 12.9. The van der Waals surface area contributed by atoms with E-state index >= 15 is 0 Å². The monoisotopic (exact) mass is 332 g/mol. The number of anilines is 1. The molecule has 1 atom stereocenters. The van der Waals surface area contributed by atoms with Crippen LogP contribution in [0.25, 0.3) is 0 Å². The van der Waals surface area contributed by atoms with Gasteiger partial charge in [-0.1, -0.05) is 15.9 Å². The van der Waals surface area contributed by atoms with Crippen molar-refractivity contribution in [2.24, 2.45) is 0 Å². The first-order valence-electron chi connectivity index (χ1n) is 5.91. The molecular weight excluding hydrogens is 316 g/mol. The van der Waals surface area contributed by atoms with Crippen molar-refractivity contribution in [1.82, 2.24) is 5.32 Å². The molecule has 18 heavy (non-hydrogen) atoms. The van der Waals surface area contributed by atoms with E-state index in [1.807, 2.05) is 32.0 Å². The van der Waals surface area contributed by atoms with Crippen LogP contribution >= 0.6 is 15.9 Å². The largest absolute Gasteiger partial charge is 0.314 e. The van der Waals surface area contributed by atoms with E-state index < -0.39 is 10.0 Å². The van der Waals surface area contributed by atoms with Crippen molar-refractivity contribution in [2.75, 3.05) is 23.1 Å². The normalized spacial score (nSPS) is 23.7. The van der Waals surface area contributed by atoms with Crippen molar-refractivity contribution in [3.63, 3.8) is 0 Å². The van der Waals surface area contributed by atoms with Crippen LogP contribution in [0.5, 0.6) is 0 Å². The molecule has 1 aliphatic rings. The van der Waals surface area contributed by atoms with Crippen LogP contribution in [-0.4, -0.2) is 33.3 Å². The summed E-state index contributed by atoms with van der Waals surface area (Å²) in [7, 11) is -3.24. The molecule has 0 aromatic heterocycles. The molecule has 1 saturated heterocycles. The molecule has 1 aliphatic heterocycles. The fourth-order valence-corrected chi connectivity index (χ4v) is 4.05. The molecule has 1 aromatic carbocycles. The molecule has 6 heteroatoms. The van der Waals surface area contributed by atoms with Crippen LogP contribution in [0.1, 0.15) is 12.5 Å². The van der Waals surface area contributed by atoms with Crippen LogP contribution in [0.15, 0.2) is 22.7 Å². The van der Waals surface area contributed by atoms with Crippen LogP contribution < -0.4 is 9.62 Å². The second kappa shape index (κ2) is 5.19. The van der Waals surface area contributed by atoms with Gasteiger partial charge in [0.15, 0.2) is 0 Å². The molecular formula is C12H17BrN2O2S. The van der Waals surface area contributed by atoms with E-state index in [-0.39, 0.29) is 11.8 Å². The smallest absolute Gasteiger partial charge is 0.236 e. The number of nitrogens with zero attached hydrogens (tertiary/aromatic N) is 1. The Morgan fingerprint density at radius 2 is 2.17 bits per heavy atom. The summed E-state index contributed by atoms with van der Waals surface area (Å²) in [6.45, 7) is 5.07. The highest BCUT2D eigenvalue weighted by Crippen LogP contribution is 2.27. The van der Waals surface area contributed by atoms with Gasteiger partial charge >= 0.3 is 0 Å². The van der Waals surface area contributed by atoms with Crippen molar-refractivity contribution >= 4 is 31.6 Å². The number of rotatable bonds is 1. The van der Waals surface area contributed by atoms with Crippen LogP contribution in [0, 0.1) is 6.92 Å². The van der Waals surface area contributed by atoms with E-state index in [2.05, 4.69) is 21.2 Å². The van der Waals surface area contributed by atoms with Gasteiger partial charge in [-0.3, -0.25) is 4.31 Å². The minimum absolute atomic E-state index is 0.0712. The molecule has 4 nitrogen and oxygen atoms in total. The molecule has 100 valence electrons. The van der Waals surface area contributed by atoms with Crippen molar-refractivity contribution < 1.29 is 8.42 Å². The minimum atomic E-state index is -3.24. The lowest BCUT2D eigenvalue weighted by atomic mass is 10.2. The summed E-state index contributed by atoms with van der Waals surface area (Å²) in [5.41, 5.74) is 1.78. The molecule has 1 aromatic rings. The Bertz CT molecular complexity index is 545. The Morgan fingerprint density at radius 3 is 2.83 bits per heavy atom. The first-order valence-corrected chi connectivity index (χ1v) is 8.31. The summed E-state index contributed by atoms with van der Waals surface area (Å²) in [5.74, 6) is 0.145. The summed E-state index contributed by atoms with van der Waals surface area (Å²) < 4.78 is 27.1. The third kappa shape index (κ3) is 2.70. The third-order valence-corrected chi connectivity index (χ3v) is 5.85. The quantitative estimate of drug-likeness (QED) is 0.854. The molecule has 2 rings (SSSR count).